The highest BCUT2D eigenvalue weighted by atomic mass is 79.9. The zero-order valence-corrected chi connectivity index (χ0v) is 9.46. The van der Waals surface area contributed by atoms with E-state index in [-0.39, 0.29) is 0 Å². The fourth-order valence-electron chi connectivity index (χ4n) is 0.824. The molecule has 0 aliphatic heterocycles. The molecule has 2 nitrogen and oxygen atoms in total. The highest BCUT2D eigenvalue weighted by molar-refractivity contribution is 9.10. The molecule has 0 saturated carbocycles. The summed E-state index contributed by atoms with van der Waals surface area (Å²) in [6, 6.07) is 4.48. The minimum Gasteiger partial charge on any atom is -0.194 e. The summed E-state index contributed by atoms with van der Waals surface area (Å²) in [4.78, 5) is 0. The maximum atomic E-state index is 12.3. The van der Waals surface area contributed by atoms with E-state index in [1.165, 1.54) is 18.2 Å². The Labute approximate surface area is 89.1 Å². The molecule has 0 aliphatic rings. The average Bonchev–Trinajstić information content (AvgIpc) is 1.93. The first-order valence-corrected chi connectivity index (χ1v) is 5.97. The van der Waals surface area contributed by atoms with Crippen LogP contribution in [0, 0.1) is 0 Å². The predicted octanol–water partition coefficient (Wildman–Crippen LogP) is 2.90. The first kappa shape index (κ1) is 10.9. The third-order valence-electron chi connectivity index (χ3n) is 1.34. The Kier molecular flexibility index (Phi) is 3.32. The second kappa shape index (κ2) is 3.94. The van der Waals surface area contributed by atoms with Gasteiger partial charge in [0, 0.05) is 9.50 Å². The van der Waals surface area contributed by atoms with Crippen molar-refractivity contribution in [3.8, 4) is 0 Å². The monoisotopic (exact) mass is 286 g/mol. The molecule has 0 aliphatic carbocycles. The van der Waals surface area contributed by atoms with Gasteiger partial charge in [0.1, 0.15) is 5.75 Å². The molecule has 1 rings (SSSR count). The maximum absolute atomic E-state index is 12.3. The normalized spacial score (nSPS) is 11.6. The van der Waals surface area contributed by atoms with Gasteiger partial charge in [-0.2, -0.15) is 8.42 Å². The van der Waals surface area contributed by atoms with E-state index in [1.54, 1.807) is 0 Å². The molecule has 0 radical (unpaired) electrons. The Morgan fingerprint density at radius 2 is 2.08 bits per heavy atom. The molecule has 0 fully saturated rings. The minimum atomic E-state index is -4.49. The fourth-order valence-corrected chi connectivity index (χ4v) is 2.46. The molecule has 0 amide bonds. The molecule has 72 valence electrons. The van der Waals surface area contributed by atoms with Crippen LogP contribution >= 0.6 is 27.5 Å². The van der Waals surface area contributed by atoms with Gasteiger partial charge in [0.2, 0.25) is 0 Å². The van der Waals surface area contributed by atoms with Crippen LogP contribution in [-0.4, -0.2) is 8.42 Å². The first-order chi connectivity index (χ1) is 5.88. The van der Waals surface area contributed by atoms with Gasteiger partial charge in [0.05, 0.1) is 0 Å². The van der Waals surface area contributed by atoms with Gasteiger partial charge in [-0.3, -0.25) is 0 Å². The van der Waals surface area contributed by atoms with Crippen LogP contribution in [0.1, 0.15) is 5.56 Å². The Morgan fingerprint density at radius 1 is 1.46 bits per heavy atom. The van der Waals surface area contributed by atoms with Crippen molar-refractivity contribution < 1.29 is 12.3 Å². The lowest BCUT2D eigenvalue weighted by atomic mass is 10.2. The summed E-state index contributed by atoms with van der Waals surface area (Å²) in [5.74, 6) is -0.634. The Bertz CT molecular complexity index is 419. The van der Waals surface area contributed by atoms with Gasteiger partial charge in [0.25, 0.3) is 0 Å². The van der Waals surface area contributed by atoms with Crippen LogP contribution in [-0.2, 0) is 16.0 Å². The molecule has 0 N–H and O–H groups in total. The summed E-state index contributed by atoms with van der Waals surface area (Å²) in [7, 11) is -4.49. The van der Waals surface area contributed by atoms with Crippen molar-refractivity contribution in [1.82, 2.24) is 0 Å². The summed E-state index contributed by atoms with van der Waals surface area (Å²) >= 11 is 8.70. The van der Waals surface area contributed by atoms with Gasteiger partial charge in [-0.15, -0.1) is 3.89 Å². The lowest BCUT2D eigenvalue weighted by molar-refractivity contribution is 0.551. The van der Waals surface area contributed by atoms with Crippen molar-refractivity contribution in [2.45, 2.75) is 5.75 Å². The van der Waals surface area contributed by atoms with E-state index in [2.05, 4.69) is 15.9 Å². The number of benzene rings is 1. The van der Waals surface area contributed by atoms with Gasteiger partial charge in [-0.05, 0) is 17.7 Å². The predicted molar refractivity (Wildman–Crippen MR) is 52.9 cm³/mol. The third-order valence-corrected chi connectivity index (χ3v) is 2.97. The van der Waals surface area contributed by atoms with Crippen LogP contribution < -0.4 is 0 Å². The van der Waals surface area contributed by atoms with Crippen LogP contribution in [0.15, 0.2) is 22.7 Å². The van der Waals surface area contributed by atoms with E-state index in [1.807, 2.05) is 0 Å². The van der Waals surface area contributed by atoms with Crippen molar-refractivity contribution in [2.75, 3.05) is 0 Å². The van der Waals surface area contributed by atoms with Crippen LogP contribution in [0.4, 0.5) is 3.89 Å². The number of hydrogen-bond donors (Lipinski definition) is 0. The molecule has 0 heterocycles. The molecule has 0 unspecified atom stereocenters. The molecule has 0 aromatic heterocycles. The SMILES string of the molecule is O=S(=O)(F)Cc1ccc(Cl)cc1Br. The largest absolute Gasteiger partial charge is 0.306 e. The number of rotatable bonds is 2. The Hall–Kier alpha value is -0.130. The molecule has 0 bridgehead atoms. The summed E-state index contributed by atoms with van der Waals surface area (Å²) in [6.07, 6.45) is 0. The van der Waals surface area contributed by atoms with E-state index >= 15 is 0 Å². The van der Waals surface area contributed by atoms with E-state index in [0.717, 1.165) is 0 Å². The zero-order chi connectivity index (χ0) is 10.1. The summed E-state index contributed by atoms with van der Waals surface area (Å²) in [5.41, 5.74) is 0.354. The van der Waals surface area contributed by atoms with E-state index < -0.39 is 16.0 Å². The molecule has 0 saturated heterocycles. The molecule has 1 aromatic carbocycles. The highest BCUT2D eigenvalue weighted by Crippen LogP contribution is 2.23. The number of halogens is 3. The standard InChI is InChI=1S/C7H5BrClFO2S/c8-7-3-6(9)2-1-5(7)4-13(10,11)12/h1-3H,4H2. The highest BCUT2D eigenvalue weighted by Gasteiger charge is 2.11. The molecule has 0 atom stereocenters. The minimum absolute atomic E-state index is 0.354. The van der Waals surface area contributed by atoms with Crippen molar-refractivity contribution in [3.63, 3.8) is 0 Å². The molecular weight excluding hydrogens is 282 g/mol. The van der Waals surface area contributed by atoms with Gasteiger partial charge in [0.15, 0.2) is 0 Å². The van der Waals surface area contributed by atoms with Crippen LogP contribution in [0.5, 0.6) is 0 Å². The van der Waals surface area contributed by atoms with Gasteiger partial charge in [-0.1, -0.05) is 33.6 Å². The van der Waals surface area contributed by atoms with Crippen molar-refractivity contribution in [3.05, 3.63) is 33.3 Å². The van der Waals surface area contributed by atoms with Gasteiger partial charge in [-0.25, -0.2) is 0 Å². The van der Waals surface area contributed by atoms with Crippen molar-refractivity contribution >= 4 is 37.8 Å². The Balaban J connectivity index is 3.04. The zero-order valence-electron chi connectivity index (χ0n) is 6.30. The van der Waals surface area contributed by atoms with Crippen LogP contribution in [0.2, 0.25) is 5.02 Å². The summed E-state index contributed by atoms with van der Waals surface area (Å²) < 4.78 is 33.4. The van der Waals surface area contributed by atoms with Gasteiger partial charge < -0.3 is 0 Å². The van der Waals surface area contributed by atoms with Crippen molar-refractivity contribution in [1.29, 1.82) is 0 Å². The quantitative estimate of drug-likeness (QED) is 0.784. The number of hydrogen-bond acceptors (Lipinski definition) is 2. The molecule has 13 heavy (non-hydrogen) atoms. The molecule has 0 spiro atoms. The second-order valence-corrected chi connectivity index (χ2v) is 5.08. The Morgan fingerprint density at radius 3 is 2.54 bits per heavy atom. The average molecular weight is 288 g/mol. The fraction of sp³-hybridized carbons (Fsp3) is 0.143. The second-order valence-electron chi connectivity index (χ2n) is 2.42. The van der Waals surface area contributed by atoms with E-state index in [4.69, 9.17) is 11.6 Å². The topological polar surface area (TPSA) is 34.1 Å². The lowest BCUT2D eigenvalue weighted by Gasteiger charge is -2.00. The van der Waals surface area contributed by atoms with Crippen LogP contribution in [0.25, 0.3) is 0 Å². The summed E-state index contributed by atoms with van der Waals surface area (Å²) in [5, 5.41) is 0.465. The van der Waals surface area contributed by atoms with Gasteiger partial charge >= 0.3 is 10.2 Å². The van der Waals surface area contributed by atoms with Crippen LogP contribution in [0.3, 0.4) is 0 Å². The molecular formula is C7H5BrClFO2S. The van der Waals surface area contributed by atoms with E-state index in [9.17, 15) is 12.3 Å². The van der Waals surface area contributed by atoms with Crippen molar-refractivity contribution in [2.24, 2.45) is 0 Å². The molecule has 6 heteroatoms. The maximum Gasteiger partial charge on any atom is 0.306 e. The first-order valence-electron chi connectivity index (χ1n) is 3.25. The molecule has 1 aromatic rings. The third kappa shape index (κ3) is 3.62. The lowest BCUT2D eigenvalue weighted by Crippen LogP contribution is -1.96. The smallest absolute Gasteiger partial charge is 0.194 e. The van der Waals surface area contributed by atoms with E-state index in [0.29, 0.717) is 15.1 Å². The summed E-state index contributed by atoms with van der Waals surface area (Å²) in [6.45, 7) is 0.